The largest absolute Gasteiger partial charge is 0.508 e. The van der Waals surface area contributed by atoms with Gasteiger partial charge in [0, 0.05) is 6.42 Å². The van der Waals surface area contributed by atoms with Gasteiger partial charge in [-0.3, -0.25) is 0 Å². The van der Waals surface area contributed by atoms with Gasteiger partial charge in [-0.1, -0.05) is 6.92 Å². The number of hydrogen-bond acceptors (Lipinski definition) is 12. The molecule has 15 heteroatoms. The third-order valence-corrected chi connectivity index (χ3v) is 14.1. The molecule has 0 aromatic heterocycles. The van der Waals surface area contributed by atoms with Gasteiger partial charge in [-0.15, -0.1) is 0 Å². The molecular formula is C44H40O12S3. The Kier molecular flexibility index (Phi) is 13.3. The fourth-order valence-corrected chi connectivity index (χ4v) is 9.37. The van der Waals surface area contributed by atoms with Crippen LogP contribution in [0, 0.1) is 0 Å². The van der Waals surface area contributed by atoms with Gasteiger partial charge in [0.15, 0.2) is 0 Å². The van der Waals surface area contributed by atoms with E-state index in [0.29, 0.717) is 35.8 Å². The Hall–Kier alpha value is -6.29. The molecule has 0 aliphatic rings. The van der Waals surface area contributed by atoms with Gasteiger partial charge in [0.05, 0.1) is 29.4 Å². The molecule has 1 unspecified atom stereocenters. The summed E-state index contributed by atoms with van der Waals surface area (Å²) in [6.45, 7) is 2.35. The topological polar surface area (TPSA) is 180 Å². The van der Waals surface area contributed by atoms with Crippen LogP contribution in [0.2, 0.25) is 0 Å². The van der Waals surface area contributed by atoms with E-state index >= 15 is 0 Å². The zero-order valence-electron chi connectivity index (χ0n) is 31.6. The molecule has 0 aliphatic carbocycles. The highest BCUT2D eigenvalue weighted by Crippen LogP contribution is 2.29. The predicted molar refractivity (Wildman–Crippen MR) is 218 cm³/mol. The molecular weight excluding hydrogens is 817 g/mol. The summed E-state index contributed by atoms with van der Waals surface area (Å²) >= 11 is 0. The van der Waals surface area contributed by atoms with Crippen molar-refractivity contribution in [2.45, 2.75) is 55.4 Å². The number of rotatable bonds is 18. The number of benzene rings is 6. The Balaban J connectivity index is 0.973. The Morgan fingerprint density at radius 1 is 0.424 bits per heavy atom. The Bertz CT molecular complexity index is 2680. The molecule has 0 amide bonds. The Morgan fingerprint density at radius 3 is 0.949 bits per heavy atom. The van der Waals surface area contributed by atoms with Crippen molar-refractivity contribution in [1.29, 1.82) is 0 Å². The average Bonchev–Trinajstić information content (AvgIpc) is 3.23. The van der Waals surface area contributed by atoms with E-state index in [2.05, 4.69) is 0 Å². The maximum atomic E-state index is 13.4. The summed E-state index contributed by atoms with van der Waals surface area (Å²) in [5, 5.41) is 18.9. The summed E-state index contributed by atoms with van der Waals surface area (Å²) in [4.78, 5) is 0.412. The van der Waals surface area contributed by atoms with Crippen molar-refractivity contribution in [3.8, 4) is 34.5 Å². The molecule has 0 saturated carbocycles. The van der Waals surface area contributed by atoms with Crippen molar-refractivity contribution in [2.24, 2.45) is 0 Å². The minimum atomic E-state index is -3.86. The molecule has 1 atom stereocenters. The van der Waals surface area contributed by atoms with E-state index in [0.717, 1.165) is 0 Å². The first kappa shape index (κ1) is 42.3. The number of phenolic OH excluding ortho intramolecular Hbond substituents is 2. The Morgan fingerprint density at radius 2 is 0.678 bits per heavy atom. The fraction of sp³-hybridized carbons (Fsp3) is 0.136. The van der Waals surface area contributed by atoms with Crippen LogP contribution in [0.5, 0.6) is 34.5 Å². The molecule has 0 spiro atoms. The van der Waals surface area contributed by atoms with Gasteiger partial charge >= 0.3 is 0 Å². The van der Waals surface area contributed by atoms with Crippen LogP contribution in [0.4, 0.5) is 0 Å². The average molecular weight is 857 g/mol. The van der Waals surface area contributed by atoms with Crippen molar-refractivity contribution in [2.75, 3.05) is 13.2 Å². The van der Waals surface area contributed by atoms with Crippen molar-refractivity contribution in [3.05, 3.63) is 158 Å². The third kappa shape index (κ3) is 10.6. The van der Waals surface area contributed by atoms with Crippen molar-refractivity contribution in [1.82, 2.24) is 0 Å². The zero-order valence-corrected chi connectivity index (χ0v) is 34.1. The van der Waals surface area contributed by atoms with E-state index in [1.165, 1.54) is 109 Å². The molecule has 306 valence electrons. The first-order chi connectivity index (χ1) is 28.2. The van der Waals surface area contributed by atoms with E-state index in [-0.39, 0.29) is 54.1 Å². The second-order valence-corrected chi connectivity index (χ2v) is 18.8. The van der Waals surface area contributed by atoms with Gasteiger partial charge in [-0.2, -0.15) is 0 Å². The summed E-state index contributed by atoms with van der Waals surface area (Å²) in [5.41, 5.74) is 0. The van der Waals surface area contributed by atoms with Crippen molar-refractivity contribution < 1.29 is 54.4 Å². The lowest BCUT2D eigenvalue weighted by atomic mass is 10.3. The molecule has 0 fully saturated rings. The number of phenols is 2. The molecule has 6 aromatic rings. The Labute approximate surface area is 343 Å². The van der Waals surface area contributed by atoms with Crippen LogP contribution in [0.15, 0.2) is 187 Å². The molecule has 0 aliphatic heterocycles. The van der Waals surface area contributed by atoms with Crippen molar-refractivity contribution in [3.63, 3.8) is 0 Å². The predicted octanol–water partition coefficient (Wildman–Crippen LogP) is 8.19. The standard InChI is InChI=1S/C44H40O12S3/c1-2-5-44(55-36-14-26-42(27-15-36)58(49,50)39-20-8-33(46)9-21-39)56-37-16-28-43(29-17-37)59(51,52)41-24-12-35(13-25-41)54-31-4-3-30-53-34-10-22-40(23-11-34)57(47,48)38-18-6-32(45)7-19-38/h3-4,6-29,44-46H,2,5,30-31H2,1H3/b4-3+. The van der Waals surface area contributed by atoms with Crippen LogP contribution in [0.3, 0.4) is 0 Å². The lowest BCUT2D eigenvalue weighted by molar-refractivity contribution is -0.00111. The second kappa shape index (κ2) is 18.5. The highest BCUT2D eigenvalue weighted by atomic mass is 32.2. The monoisotopic (exact) mass is 856 g/mol. The van der Waals surface area contributed by atoms with Crippen LogP contribution in [0.1, 0.15) is 19.8 Å². The van der Waals surface area contributed by atoms with Gasteiger partial charge in [0.25, 0.3) is 0 Å². The summed E-state index contributed by atoms with van der Waals surface area (Å²) < 4.78 is 102. The summed E-state index contributed by atoms with van der Waals surface area (Å²) in [6, 6.07) is 34.5. The lowest BCUT2D eigenvalue weighted by Gasteiger charge is -2.20. The summed E-state index contributed by atoms with van der Waals surface area (Å²) in [7, 11) is -11.4. The highest BCUT2D eigenvalue weighted by molar-refractivity contribution is 7.92. The van der Waals surface area contributed by atoms with Crippen LogP contribution in [-0.4, -0.2) is 55.0 Å². The molecule has 0 bridgehead atoms. The first-order valence-electron chi connectivity index (χ1n) is 18.2. The summed E-state index contributed by atoms with van der Waals surface area (Å²) in [5.74, 6) is 1.63. The number of sulfone groups is 3. The van der Waals surface area contributed by atoms with E-state index in [1.54, 1.807) is 48.6 Å². The quantitative estimate of drug-likeness (QED) is 0.0626. The number of aromatic hydroxyl groups is 2. The molecule has 6 rings (SSSR count). The normalized spacial score (nSPS) is 12.5. The van der Waals surface area contributed by atoms with E-state index < -0.39 is 35.8 Å². The van der Waals surface area contributed by atoms with Crippen LogP contribution >= 0.6 is 0 Å². The van der Waals surface area contributed by atoms with E-state index in [4.69, 9.17) is 18.9 Å². The first-order valence-corrected chi connectivity index (χ1v) is 22.7. The van der Waals surface area contributed by atoms with Gasteiger partial charge in [-0.25, -0.2) is 25.3 Å². The molecule has 6 aromatic carbocycles. The molecule has 59 heavy (non-hydrogen) atoms. The third-order valence-electron chi connectivity index (χ3n) is 8.75. The van der Waals surface area contributed by atoms with Crippen LogP contribution in [-0.2, 0) is 29.5 Å². The van der Waals surface area contributed by atoms with E-state index in [9.17, 15) is 35.5 Å². The number of ether oxygens (including phenoxy) is 4. The molecule has 0 heterocycles. The molecule has 2 N–H and O–H groups in total. The number of hydrogen-bond donors (Lipinski definition) is 2. The summed E-state index contributed by atoms with van der Waals surface area (Å²) in [6.07, 6.45) is 3.95. The van der Waals surface area contributed by atoms with Gasteiger partial charge in [0.1, 0.15) is 47.7 Å². The van der Waals surface area contributed by atoms with E-state index in [1.807, 2.05) is 6.92 Å². The fourth-order valence-electron chi connectivity index (χ4n) is 5.59. The second-order valence-electron chi connectivity index (χ2n) is 12.9. The lowest BCUT2D eigenvalue weighted by Crippen LogP contribution is -2.23. The molecule has 0 radical (unpaired) electrons. The zero-order chi connectivity index (χ0) is 42.0. The van der Waals surface area contributed by atoms with Crippen LogP contribution < -0.4 is 18.9 Å². The van der Waals surface area contributed by atoms with Crippen LogP contribution in [0.25, 0.3) is 0 Å². The smallest absolute Gasteiger partial charge is 0.241 e. The minimum absolute atomic E-state index is 0.0254. The maximum Gasteiger partial charge on any atom is 0.241 e. The minimum Gasteiger partial charge on any atom is -0.508 e. The molecule has 12 nitrogen and oxygen atoms in total. The van der Waals surface area contributed by atoms with Gasteiger partial charge in [-0.05, 0) is 164 Å². The SMILES string of the molecule is CCCC(Oc1ccc(S(=O)(=O)c2ccc(O)cc2)cc1)Oc1ccc(S(=O)(=O)c2ccc(OC/C=C/COc3ccc(S(=O)(=O)c4ccc(O)cc4)cc3)cc2)cc1. The maximum absolute atomic E-state index is 13.4. The molecule has 0 saturated heterocycles. The van der Waals surface area contributed by atoms with Crippen molar-refractivity contribution >= 4 is 29.5 Å². The highest BCUT2D eigenvalue weighted by Gasteiger charge is 2.21. The van der Waals surface area contributed by atoms with Gasteiger partial charge in [0.2, 0.25) is 35.8 Å². The van der Waals surface area contributed by atoms with Gasteiger partial charge < -0.3 is 29.2 Å².